The molecule has 2 nitrogen and oxygen atoms in total. The zero-order valence-corrected chi connectivity index (χ0v) is 10.7. The molecule has 0 bridgehead atoms. The quantitative estimate of drug-likeness (QED) is 0.779. The van der Waals surface area contributed by atoms with E-state index < -0.39 is 29.1 Å². The van der Waals surface area contributed by atoms with Crippen LogP contribution in [-0.2, 0) is 0 Å². The molecule has 0 aliphatic rings. The molecule has 1 heterocycles. The van der Waals surface area contributed by atoms with Crippen LogP contribution >= 0.6 is 0 Å². The highest BCUT2D eigenvalue weighted by Gasteiger charge is 2.22. The average molecular weight is 289 g/mol. The van der Waals surface area contributed by atoms with Crippen LogP contribution in [-0.4, -0.2) is 10.1 Å². The number of aliphatic hydroxyl groups is 1. The molecule has 0 aliphatic carbocycles. The van der Waals surface area contributed by atoms with Gasteiger partial charge in [0.25, 0.3) is 0 Å². The maximum Gasteiger partial charge on any atom is 0.135 e. The van der Waals surface area contributed by atoms with Gasteiger partial charge >= 0.3 is 0 Å². The maximum absolute atomic E-state index is 13.8. The summed E-state index contributed by atoms with van der Waals surface area (Å²) in [7, 11) is 0. The third-order valence-corrected chi connectivity index (χ3v) is 3.31. The molecule has 21 heavy (non-hydrogen) atoms. The van der Waals surface area contributed by atoms with Gasteiger partial charge in [0.1, 0.15) is 23.6 Å². The van der Waals surface area contributed by atoms with Gasteiger partial charge in [0.05, 0.1) is 5.56 Å². The Labute approximate surface area is 118 Å². The van der Waals surface area contributed by atoms with Gasteiger partial charge in [0, 0.05) is 35.5 Å². The Morgan fingerprint density at radius 2 is 1.62 bits per heavy atom. The maximum atomic E-state index is 13.8. The molecular formula is C16H10F3NO. The highest BCUT2D eigenvalue weighted by Crippen LogP contribution is 2.31. The summed E-state index contributed by atoms with van der Waals surface area (Å²) >= 11 is 0. The van der Waals surface area contributed by atoms with Crippen molar-refractivity contribution in [2.75, 3.05) is 0 Å². The number of hydrogen-bond acceptors (Lipinski definition) is 2. The van der Waals surface area contributed by atoms with Crippen LogP contribution in [0.5, 0.6) is 0 Å². The first-order chi connectivity index (χ1) is 10.1. The van der Waals surface area contributed by atoms with E-state index in [9.17, 15) is 18.3 Å². The summed E-state index contributed by atoms with van der Waals surface area (Å²) < 4.78 is 40.5. The number of rotatable bonds is 2. The third kappa shape index (κ3) is 2.36. The lowest BCUT2D eigenvalue weighted by Gasteiger charge is -2.15. The minimum Gasteiger partial charge on any atom is -0.383 e. The fourth-order valence-corrected chi connectivity index (χ4v) is 2.33. The van der Waals surface area contributed by atoms with Crippen molar-refractivity contribution >= 4 is 10.8 Å². The van der Waals surface area contributed by atoms with Crippen molar-refractivity contribution < 1.29 is 18.3 Å². The highest BCUT2D eigenvalue weighted by molar-refractivity contribution is 5.85. The molecule has 0 amide bonds. The predicted molar refractivity (Wildman–Crippen MR) is 72.1 cm³/mol. The molecule has 2 aromatic carbocycles. The summed E-state index contributed by atoms with van der Waals surface area (Å²) in [6, 6.07) is 8.11. The minimum absolute atomic E-state index is 0.262. The summed E-state index contributed by atoms with van der Waals surface area (Å²) in [5.74, 6) is -3.29. The van der Waals surface area contributed by atoms with Crippen LogP contribution in [0.1, 0.15) is 17.2 Å². The van der Waals surface area contributed by atoms with Gasteiger partial charge in [-0.25, -0.2) is 13.2 Å². The first-order valence-corrected chi connectivity index (χ1v) is 6.23. The number of nitrogens with zero attached hydrogens (tertiary/aromatic N) is 1. The Morgan fingerprint density at radius 3 is 2.33 bits per heavy atom. The van der Waals surface area contributed by atoms with Crippen LogP contribution in [0, 0.1) is 17.5 Å². The molecule has 106 valence electrons. The number of benzene rings is 2. The average Bonchev–Trinajstić information content (AvgIpc) is 2.45. The summed E-state index contributed by atoms with van der Waals surface area (Å²) in [6.07, 6.45) is 1.36. The smallest absolute Gasteiger partial charge is 0.135 e. The van der Waals surface area contributed by atoms with Crippen molar-refractivity contribution in [3.8, 4) is 0 Å². The molecule has 0 saturated heterocycles. The normalized spacial score (nSPS) is 12.6. The highest BCUT2D eigenvalue weighted by atomic mass is 19.1. The summed E-state index contributed by atoms with van der Waals surface area (Å²) in [5.41, 5.74) is -0.327. The molecule has 0 spiro atoms. The lowest BCUT2D eigenvalue weighted by atomic mass is 9.97. The monoisotopic (exact) mass is 289 g/mol. The molecule has 3 rings (SSSR count). The van der Waals surface area contributed by atoms with Crippen molar-refractivity contribution in [2.45, 2.75) is 6.10 Å². The van der Waals surface area contributed by atoms with E-state index in [0.717, 1.165) is 5.39 Å². The van der Waals surface area contributed by atoms with Crippen molar-refractivity contribution in [1.29, 1.82) is 0 Å². The van der Waals surface area contributed by atoms with Crippen molar-refractivity contribution in [2.24, 2.45) is 0 Å². The molecule has 0 aliphatic heterocycles. The topological polar surface area (TPSA) is 33.1 Å². The number of aromatic nitrogens is 1. The van der Waals surface area contributed by atoms with Gasteiger partial charge in [-0.05, 0) is 5.39 Å². The SMILES string of the molecule is OC(c1c(F)cc(F)cc1F)c1cncc2ccccc12. The first-order valence-electron chi connectivity index (χ1n) is 6.23. The van der Waals surface area contributed by atoms with E-state index in [1.165, 1.54) is 6.20 Å². The number of halogens is 3. The largest absolute Gasteiger partial charge is 0.383 e. The van der Waals surface area contributed by atoms with E-state index in [4.69, 9.17) is 0 Å². The lowest BCUT2D eigenvalue weighted by molar-refractivity contribution is 0.209. The Balaban J connectivity index is 2.20. The Hall–Kier alpha value is -2.40. The van der Waals surface area contributed by atoms with Crippen LogP contribution in [0.2, 0.25) is 0 Å². The molecule has 5 heteroatoms. The Kier molecular flexibility index (Phi) is 3.35. The van der Waals surface area contributed by atoms with Crippen LogP contribution in [0.15, 0.2) is 48.8 Å². The summed E-state index contributed by atoms with van der Waals surface area (Å²) in [6.45, 7) is 0. The zero-order chi connectivity index (χ0) is 15.0. The molecule has 1 atom stereocenters. The zero-order valence-electron chi connectivity index (χ0n) is 10.7. The summed E-state index contributed by atoms with van der Waals surface area (Å²) in [5, 5.41) is 11.7. The molecule has 0 radical (unpaired) electrons. The fraction of sp³-hybridized carbons (Fsp3) is 0.0625. The standard InChI is InChI=1S/C16H10F3NO/c17-10-5-13(18)15(14(19)6-10)16(21)12-8-20-7-9-3-1-2-4-11(9)12/h1-8,16,21H. The van der Waals surface area contributed by atoms with Crippen molar-refractivity contribution in [1.82, 2.24) is 4.98 Å². The fourth-order valence-electron chi connectivity index (χ4n) is 2.33. The van der Waals surface area contributed by atoms with E-state index in [-0.39, 0.29) is 5.56 Å². The van der Waals surface area contributed by atoms with E-state index in [1.807, 2.05) is 0 Å². The van der Waals surface area contributed by atoms with Gasteiger partial charge in [-0.15, -0.1) is 0 Å². The molecular weight excluding hydrogens is 279 g/mol. The molecule has 1 N–H and O–H groups in total. The first kappa shape index (κ1) is 13.6. The lowest BCUT2D eigenvalue weighted by Crippen LogP contribution is -2.07. The second-order valence-corrected chi connectivity index (χ2v) is 4.64. The third-order valence-electron chi connectivity index (χ3n) is 3.31. The predicted octanol–water partition coefficient (Wildman–Crippen LogP) is 3.73. The van der Waals surface area contributed by atoms with Crippen molar-refractivity contribution in [3.05, 3.63) is 77.4 Å². The van der Waals surface area contributed by atoms with Gasteiger partial charge < -0.3 is 5.11 Å². The molecule has 0 fully saturated rings. The van der Waals surface area contributed by atoms with Gasteiger partial charge in [-0.2, -0.15) is 0 Å². The molecule has 1 unspecified atom stereocenters. The van der Waals surface area contributed by atoms with E-state index in [2.05, 4.69) is 4.98 Å². The van der Waals surface area contributed by atoms with E-state index in [1.54, 1.807) is 30.5 Å². The van der Waals surface area contributed by atoms with Crippen LogP contribution in [0.3, 0.4) is 0 Å². The van der Waals surface area contributed by atoms with Crippen LogP contribution in [0.4, 0.5) is 13.2 Å². The summed E-state index contributed by atoms with van der Waals surface area (Å²) in [4.78, 5) is 3.96. The van der Waals surface area contributed by atoms with Gasteiger partial charge in [-0.3, -0.25) is 4.98 Å². The second kappa shape index (κ2) is 5.18. The molecule has 1 aromatic heterocycles. The van der Waals surface area contributed by atoms with Crippen LogP contribution in [0.25, 0.3) is 10.8 Å². The second-order valence-electron chi connectivity index (χ2n) is 4.64. The van der Waals surface area contributed by atoms with E-state index >= 15 is 0 Å². The van der Waals surface area contributed by atoms with Gasteiger partial charge in [0.2, 0.25) is 0 Å². The molecule has 0 saturated carbocycles. The number of fused-ring (bicyclic) bond motifs is 1. The van der Waals surface area contributed by atoms with Gasteiger partial charge in [-0.1, -0.05) is 24.3 Å². The number of pyridine rings is 1. The molecule has 3 aromatic rings. The Bertz CT molecular complexity index is 791. The number of hydrogen-bond donors (Lipinski definition) is 1. The number of aliphatic hydroxyl groups excluding tert-OH is 1. The van der Waals surface area contributed by atoms with Crippen molar-refractivity contribution in [3.63, 3.8) is 0 Å². The minimum atomic E-state index is -1.57. The van der Waals surface area contributed by atoms with E-state index in [0.29, 0.717) is 17.5 Å². The van der Waals surface area contributed by atoms with Gasteiger partial charge in [0.15, 0.2) is 0 Å². The Morgan fingerprint density at radius 1 is 0.952 bits per heavy atom. The van der Waals surface area contributed by atoms with Crippen LogP contribution < -0.4 is 0 Å².